The van der Waals surface area contributed by atoms with E-state index in [1.165, 1.54) is 18.2 Å². The average molecular weight is 410 g/mol. The predicted octanol–water partition coefficient (Wildman–Crippen LogP) is 2.06. The first kappa shape index (κ1) is 21.9. The number of guanidine groups is 1. The first-order chi connectivity index (χ1) is 13.3. The molecule has 1 heterocycles. The third-order valence-electron chi connectivity index (χ3n) is 4.08. The van der Waals surface area contributed by atoms with Crippen molar-refractivity contribution in [2.45, 2.75) is 38.6 Å². The molecular formula is C19H28FN5O2S. The Morgan fingerprint density at radius 1 is 1.25 bits per heavy atom. The molecule has 0 atom stereocenters. The lowest BCUT2D eigenvalue weighted by Gasteiger charge is -2.12. The number of aromatic nitrogens is 2. The summed E-state index contributed by atoms with van der Waals surface area (Å²) in [6, 6.07) is 7.44. The van der Waals surface area contributed by atoms with Gasteiger partial charge in [-0.05, 0) is 45.4 Å². The molecule has 0 aliphatic heterocycles. The first-order valence-corrected chi connectivity index (χ1v) is 11.0. The van der Waals surface area contributed by atoms with Gasteiger partial charge < -0.3 is 10.6 Å². The van der Waals surface area contributed by atoms with Gasteiger partial charge >= 0.3 is 0 Å². The maximum atomic E-state index is 13.7. The zero-order valence-electron chi connectivity index (χ0n) is 16.6. The molecule has 1 aromatic carbocycles. The van der Waals surface area contributed by atoms with Crippen LogP contribution in [0.3, 0.4) is 0 Å². The lowest BCUT2D eigenvalue weighted by molar-refractivity contribution is 0.565. The van der Waals surface area contributed by atoms with Crippen LogP contribution in [0.1, 0.15) is 24.7 Å². The summed E-state index contributed by atoms with van der Waals surface area (Å²) in [5.41, 5.74) is 2.11. The minimum Gasteiger partial charge on any atom is -0.357 e. The molecule has 1 aromatic heterocycles. The number of sulfone groups is 1. The van der Waals surface area contributed by atoms with Crippen molar-refractivity contribution < 1.29 is 12.8 Å². The first-order valence-electron chi connectivity index (χ1n) is 9.34. The highest BCUT2D eigenvalue weighted by molar-refractivity contribution is 7.91. The summed E-state index contributed by atoms with van der Waals surface area (Å²) in [6.45, 7) is 8.06. The van der Waals surface area contributed by atoms with Crippen molar-refractivity contribution in [3.63, 3.8) is 0 Å². The number of nitrogens with zero attached hydrogens (tertiary/aromatic N) is 3. The Bertz CT molecular complexity index is 909. The van der Waals surface area contributed by atoms with E-state index in [1.807, 2.05) is 31.5 Å². The monoisotopic (exact) mass is 409 g/mol. The molecule has 0 fully saturated rings. The zero-order chi connectivity index (χ0) is 20.6. The van der Waals surface area contributed by atoms with Gasteiger partial charge in [-0.2, -0.15) is 5.10 Å². The fourth-order valence-electron chi connectivity index (χ4n) is 2.77. The Kier molecular flexibility index (Phi) is 7.98. The molecule has 0 saturated heterocycles. The van der Waals surface area contributed by atoms with E-state index in [2.05, 4.69) is 20.7 Å². The van der Waals surface area contributed by atoms with Crippen LogP contribution in [0.15, 0.2) is 40.2 Å². The highest BCUT2D eigenvalue weighted by Crippen LogP contribution is 2.14. The van der Waals surface area contributed by atoms with E-state index in [1.54, 1.807) is 0 Å². The van der Waals surface area contributed by atoms with Crippen LogP contribution in [0.25, 0.3) is 0 Å². The summed E-state index contributed by atoms with van der Waals surface area (Å²) in [6.07, 6.45) is 0.812. The van der Waals surface area contributed by atoms with Crippen molar-refractivity contribution in [1.82, 2.24) is 20.4 Å². The van der Waals surface area contributed by atoms with Gasteiger partial charge in [-0.3, -0.25) is 9.67 Å². The van der Waals surface area contributed by atoms with E-state index < -0.39 is 15.7 Å². The molecule has 2 N–H and O–H groups in total. The van der Waals surface area contributed by atoms with E-state index in [0.29, 0.717) is 19.0 Å². The fraction of sp³-hybridized carbons (Fsp3) is 0.474. The molecule has 154 valence electrons. The van der Waals surface area contributed by atoms with Crippen LogP contribution in [0.5, 0.6) is 0 Å². The second kappa shape index (κ2) is 10.2. The number of nitrogens with one attached hydrogen (secondary N) is 2. The SMILES string of the molecule is CCNC(=NCCCn1nc(C)cc1C)NCCS(=O)(=O)c1ccccc1F. The smallest absolute Gasteiger partial charge is 0.191 e. The number of aryl methyl sites for hydroxylation is 3. The van der Waals surface area contributed by atoms with Crippen molar-refractivity contribution in [3.05, 3.63) is 47.5 Å². The molecule has 7 nitrogen and oxygen atoms in total. The second-order valence-electron chi connectivity index (χ2n) is 6.44. The van der Waals surface area contributed by atoms with Crippen molar-refractivity contribution in [1.29, 1.82) is 0 Å². The third kappa shape index (κ3) is 6.33. The summed E-state index contributed by atoms with van der Waals surface area (Å²) < 4.78 is 40.3. The number of hydrogen-bond acceptors (Lipinski definition) is 4. The van der Waals surface area contributed by atoms with Gasteiger partial charge in [0, 0.05) is 31.9 Å². The van der Waals surface area contributed by atoms with Crippen LogP contribution in [-0.4, -0.2) is 49.5 Å². The van der Waals surface area contributed by atoms with Crippen LogP contribution in [0.2, 0.25) is 0 Å². The summed E-state index contributed by atoms with van der Waals surface area (Å²) in [7, 11) is -3.70. The van der Waals surface area contributed by atoms with Crippen LogP contribution >= 0.6 is 0 Å². The molecule has 28 heavy (non-hydrogen) atoms. The van der Waals surface area contributed by atoms with E-state index >= 15 is 0 Å². The molecule has 0 spiro atoms. The second-order valence-corrected chi connectivity index (χ2v) is 8.52. The Hall–Kier alpha value is -2.42. The molecule has 0 bridgehead atoms. The lowest BCUT2D eigenvalue weighted by Crippen LogP contribution is -2.39. The molecule has 0 aliphatic rings. The van der Waals surface area contributed by atoms with Gasteiger partial charge in [0.2, 0.25) is 0 Å². The van der Waals surface area contributed by atoms with Gasteiger partial charge in [0.25, 0.3) is 0 Å². The lowest BCUT2D eigenvalue weighted by atomic mass is 10.3. The molecule has 9 heteroatoms. The number of aliphatic imine (C=N–C) groups is 1. The normalized spacial score (nSPS) is 12.2. The van der Waals surface area contributed by atoms with E-state index in [4.69, 9.17) is 0 Å². The molecule has 0 unspecified atom stereocenters. The fourth-order valence-corrected chi connectivity index (χ4v) is 4.01. The Balaban J connectivity index is 1.85. The van der Waals surface area contributed by atoms with E-state index in [0.717, 1.165) is 30.4 Å². The van der Waals surface area contributed by atoms with Crippen molar-refractivity contribution in [3.8, 4) is 0 Å². The standard InChI is InChI=1S/C19H28FN5O2S/c1-4-21-19(22-10-7-12-25-16(3)14-15(2)24-25)23-11-13-28(26,27)18-9-6-5-8-17(18)20/h5-6,8-9,14H,4,7,10-13H2,1-3H3,(H2,21,22,23). The maximum Gasteiger partial charge on any atom is 0.191 e. The summed E-state index contributed by atoms with van der Waals surface area (Å²) in [5.74, 6) is -0.406. The topological polar surface area (TPSA) is 88.4 Å². The van der Waals surface area contributed by atoms with Gasteiger partial charge in [0.05, 0.1) is 11.4 Å². The Morgan fingerprint density at radius 3 is 2.64 bits per heavy atom. The predicted molar refractivity (Wildman–Crippen MR) is 109 cm³/mol. The number of rotatable bonds is 9. The van der Waals surface area contributed by atoms with Crippen LogP contribution in [0.4, 0.5) is 4.39 Å². The van der Waals surface area contributed by atoms with Crippen molar-refractivity contribution in [2.75, 3.05) is 25.4 Å². The molecule has 0 amide bonds. The largest absolute Gasteiger partial charge is 0.357 e. The molecule has 0 radical (unpaired) electrons. The number of halogens is 1. The van der Waals surface area contributed by atoms with E-state index in [9.17, 15) is 12.8 Å². The van der Waals surface area contributed by atoms with Crippen LogP contribution in [0, 0.1) is 19.7 Å². The third-order valence-corrected chi connectivity index (χ3v) is 5.82. The molecule has 2 rings (SSSR count). The molecule has 2 aromatic rings. The van der Waals surface area contributed by atoms with Gasteiger partial charge in [-0.25, -0.2) is 12.8 Å². The van der Waals surface area contributed by atoms with Crippen LogP contribution < -0.4 is 10.6 Å². The number of benzene rings is 1. The molecule has 0 saturated carbocycles. The Morgan fingerprint density at radius 2 is 2.00 bits per heavy atom. The van der Waals surface area contributed by atoms with Gasteiger partial charge in [0.1, 0.15) is 10.7 Å². The number of hydrogen-bond donors (Lipinski definition) is 2. The van der Waals surface area contributed by atoms with Gasteiger partial charge in [-0.1, -0.05) is 12.1 Å². The maximum absolute atomic E-state index is 13.7. The zero-order valence-corrected chi connectivity index (χ0v) is 17.4. The highest BCUT2D eigenvalue weighted by Gasteiger charge is 2.18. The van der Waals surface area contributed by atoms with Crippen LogP contribution in [-0.2, 0) is 16.4 Å². The molecule has 0 aliphatic carbocycles. The quantitative estimate of drug-likeness (QED) is 0.376. The van der Waals surface area contributed by atoms with Crippen molar-refractivity contribution >= 4 is 15.8 Å². The average Bonchev–Trinajstić information content (AvgIpc) is 2.96. The van der Waals surface area contributed by atoms with Gasteiger partial charge in [-0.15, -0.1) is 0 Å². The van der Waals surface area contributed by atoms with Gasteiger partial charge in [0.15, 0.2) is 15.8 Å². The summed E-state index contributed by atoms with van der Waals surface area (Å²) in [4.78, 5) is 4.18. The molecular weight excluding hydrogens is 381 g/mol. The summed E-state index contributed by atoms with van der Waals surface area (Å²) >= 11 is 0. The summed E-state index contributed by atoms with van der Waals surface area (Å²) in [5, 5.41) is 10.5. The van der Waals surface area contributed by atoms with E-state index in [-0.39, 0.29) is 17.2 Å². The highest BCUT2D eigenvalue weighted by atomic mass is 32.2. The minimum atomic E-state index is -3.70. The minimum absolute atomic E-state index is 0.139. The Labute approximate surface area is 166 Å². The van der Waals surface area contributed by atoms with Crippen molar-refractivity contribution in [2.24, 2.45) is 4.99 Å².